The highest BCUT2D eigenvalue weighted by Crippen LogP contribution is 2.33. The second-order valence-electron chi connectivity index (χ2n) is 31.9. The first-order valence-electron chi connectivity index (χ1n) is 40.8. The van der Waals surface area contributed by atoms with E-state index in [1.54, 1.807) is 98.7 Å². The number of nitrogens with zero attached hydrogens (tertiary/aromatic N) is 5. The summed E-state index contributed by atoms with van der Waals surface area (Å²) in [5, 5.41) is 47.7. The van der Waals surface area contributed by atoms with Gasteiger partial charge in [-0.2, -0.15) is 8.42 Å². The number of hydrogen-bond acceptors (Lipinski definition) is 21. The van der Waals surface area contributed by atoms with Crippen molar-refractivity contribution >= 4 is 97.4 Å². The molecule has 0 bridgehead atoms. The van der Waals surface area contributed by atoms with Gasteiger partial charge < -0.3 is 46.1 Å². The number of rotatable bonds is 31. The minimum atomic E-state index is -4.41. The van der Waals surface area contributed by atoms with E-state index in [4.69, 9.17) is 33.7 Å². The topological polar surface area (TPSA) is 394 Å². The molecule has 12 aromatic rings. The number of benzene rings is 9. The maximum Gasteiger partial charge on any atom is 0.408 e. The van der Waals surface area contributed by atoms with E-state index in [2.05, 4.69) is 31.9 Å². The third-order valence-electron chi connectivity index (χ3n) is 18.3. The van der Waals surface area contributed by atoms with E-state index < -0.39 is 109 Å². The van der Waals surface area contributed by atoms with Crippen LogP contribution >= 0.6 is 34.0 Å². The van der Waals surface area contributed by atoms with Gasteiger partial charge in [-0.1, -0.05) is 232 Å². The van der Waals surface area contributed by atoms with Crippen LogP contribution in [0.2, 0.25) is 0 Å². The van der Waals surface area contributed by atoms with Crippen LogP contribution in [0.25, 0.3) is 31.7 Å². The predicted molar refractivity (Wildman–Crippen MR) is 495 cm³/mol. The van der Waals surface area contributed by atoms with Crippen molar-refractivity contribution in [1.29, 1.82) is 0 Å². The van der Waals surface area contributed by atoms with Crippen LogP contribution in [0.3, 0.4) is 0 Å². The Morgan fingerprint density at radius 1 is 0.354 bits per heavy atom. The molecule has 0 aliphatic carbocycles. The van der Waals surface area contributed by atoms with Crippen LogP contribution in [0.15, 0.2) is 271 Å². The van der Waals surface area contributed by atoms with Crippen LogP contribution in [-0.2, 0) is 77.4 Å². The first-order chi connectivity index (χ1) is 60.5. The van der Waals surface area contributed by atoms with Crippen molar-refractivity contribution < 1.29 is 65.8 Å². The van der Waals surface area contributed by atoms with Gasteiger partial charge in [-0.3, -0.25) is 43.9 Å². The van der Waals surface area contributed by atoms with E-state index in [-0.39, 0.29) is 36.3 Å². The summed E-state index contributed by atoms with van der Waals surface area (Å²) in [5.41, 5.74) is 7.69. The lowest BCUT2D eigenvalue weighted by molar-refractivity contribution is -0.385. The van der Waals surface area contributed by atoms with Gasteiger partial charge in [0.2, 0.25) is 17.7 Å². The number of ether oxygens (including phenoxy) is 3. The molecule has 0 unspecified atom stereocenters. The second-order valence-corrected chi connectivity index (χ2v) is 35.6. The molecule has 12 rings (SSSR count). The minimum Gasteiger partial charge on any atom is -0.444 e. The quantitative estimate of drug-likeness (QED) is 0.00866. The van der Waals surface area contributed by atoms with Gasteiger partial charge in [-0.05, 0) is 127 Å². The van der Waals surface area contributed by atoms with Crippen molar-refractivity contribution in [3.05, 3.63) is 342 Å². The minimum absolute atomic E-state index is 0.0150. The highest BCUT2D eigenvalue weighted by Gasteiger charge is 2.33. The molecule has 0 spiro atoms. The lowest BCUT2D eigenvalue weighted by Crippen LogP contribution is -2.50. The van der Waals surface area contributed by atoms with Crippen molar-refractivity contribution in [2.75, 3.05) is 4.72 Å². The molecule has 3 heterocycles. The van der Waals surface area contributed by atoms with Crippen molar-refractivity contribution in [2.24, 2.45) is 0 Å². The van der Waals surface area contributed by atoms with E-state index in [1.807, 2.05) is 217 Å². The smallest absolute Gasteiger partial charge is 0.408 e. The van der Waals surface area contributed by atoms with Crippen molar-refractivity contribution in [3.8, 4) is 31.7 Å². The summed E-state index contributed by atoms with van der Waals surface area (Å²) in [5.74, 6) is -1.22. The number of nitro benzene ring substituents is 2. The number of carbonyl (C=O) groups excluding carboxylic acids is 6. The molecule has 3 aromatic heterocycles. The van der Waals surface area contributed by atoms with Crippen LogP contribution in [0.5, 0.6) is 0 Å². The summed E-state index contributed by atoms with van der Waals surface area (Å²) in [7, 11) is -4.41. The zero-order chi connectivity index (χ0) is 91.9. The van der Waals surface area contributed by atoms with E-state index in [9.17, 15) is 57.4 Å². The molecule has 0 saturated carbocycles. The van der Waals surface area contributed by atoms with Crippen LogP contribution in [0, 0.1) is 20.2 Å². The average molecular weight is 1800 g/mol. The number of alkyl carbamates (subject to hydrolysis) is 3. The first kappa shape index (κ1) is 97.4. The van der Waals surface area contributed by atoms with Crippen molar-refractivity contribution in [2.45, 2.75) is 168 Å². The Kier molecular flexibility index (Phi) is 35.7. The fourth-order valence-corrected chi connectivity index (χ4v) is 15.7. The SMILES string of the molecule is CC.CC(C)(C)OC(=O)N[C@@H](Cc1ccccc1)C(=O)N[C@@H](Cc1ccc(NS(=O)(=O)O)cc1)c1csc(-c2ccccc2)n1.CC(C)(C)OC(=O)N[C@@H](Cc1ccccc1)C(=O)N[C@@H](Cc1ccc([N+](=O)[O-])cc1)c1csc(-c2ccccc2)n1.CC(C)(C)OC(=O)N[C@@H](Cc1ccccc1)C(=O)N[C@@H](Cc1ccc([N+](=O)[O-])cc1)c1csc(-c2ccccc2)n1. The van der Waals surface area contributed by atoms with E-state index >= 15 is 0 Å². The van der Waals surface area contributed by atoms with Crippen molar-refractivity contribution in [3.63, 3.8) is 0 Å². The predicted octanol–water partition coefficient (Wildman–Crippen LogP) is 19.1. The highest BCUT2D eigenvalue weighted by atomic mass is 32.2. The van der Waals surface area contributed by atoms with Crippen molar-refractivity contribution in [1.82, 2.24) is 46.9 Å². The Morgan fingerprint density at radius 3 is 0.811 bits per heavy atom. The van der Waals surface area contributed by atoms with Gasteiger partial charge in [-0.25, -0.2) is 29.3 Å². The Bertz CT molecular complexity index is 5440. The Balaban J connectivity index is 0.000000213. The molecule has 8 N–H and O–H groups in total. The van der Waals surface area contributed by atoms with Gasteiger partial charge in [0.1, 0.15) is 50.0 Å². The number of nitrogens with one attached hydrogen (secondary N) is 7. The van der Waals surface area contributed by atoms with Gasteiger partial charge in [0.05, 0.1) is 50.7 Å². The molecule has 9 aromatic carbocycles. The van der Waals surface area contributed by atoms with Crippen LogP contribution in [0.1, 0.15) is 145 Å². The van der Waals surface area contributed by atoms with Crippen LogP contribution in [-0.4, -0.2) is 109 Å². The molecule has 0 aliphatic heterocycles. The molecule has 0 aliphatic rings. The average Bonchev–Trinajstić information content (AvgIpc) is 1.73. The van der Waals surface area contributed by atoms with Gasteiger partial charge in [0, 0.05) is 76.4 Å². The molecule has 664 valence electrons. The van der Waals surface area contributed by atoms with E-state index in [0.29, 0.717) is 36.3 Å². The number of amides is 6. The maximum absolute atomic E-state index is 13.8. The summed E-state index contributed by atoms with van der Waals surface area (Å²) in [6.07, 6.45) is -0.354. The number of nitro groups is 2. The lowest BCUT2D eigenvalue weighted by atomic mass is 10.0. The molecule has 0 fully saturated rings. The van der Waals surface area contributed by atoms with Crippen LogP contribution < -0.4 is 36.6 Å². The lowest BCUT2D eigenvalue weighted by Gasteiger charge is -2.25. The Labute approximate surface area is 751 Å². The molecule has 28 nitrogen and oxygen atoms in total. The molecule has 0 saturated heterocycles. The first-order valence-corrected chi connectivity index (χ1v) is 44.9. The maximum atomic E-state index is 13.8. The molecule has 0 radical (unpaired) electrons. The number of non-ortho nitro benzene ring substituents is 2. The summed E-state index contributed by atoms with van der Waals surface area (Å²) in [4.78, 5) is 115. The molecular weight excluding hydrogens is 1690 g/mol. The zero-order valence-electron chi connectivity index (χ0n) is 72.1. The monoisotopic (exact) mass is 1800 g/mol. The molecular formula is C95H104N12O16S4. The van der Waals surface area contributed by atoms with E-state index in [1.165, 1.54) is 70.4 Å². The normalized spacial score (nSPS) is 12.6. The summed E-state index contributed by atoms with van der Waals surface area (Å²) >= 11 is 4.37. The molecule has 32 heteroatoms. The Morgan fingerprint density at radius 2 is 0.583 bits per heavy atom. The Hall–Kier alpha value is -13.4. The number of carbonyl (C=O) groups is 6. The molecule has 6 amide bonds. The number of thiazole rings is 3. The highest BCUT2D eigenvalue weighted by molar-refractivity contribution is 7.87. The van der Waals surface area contributed by atoms with Gasteiger partial charge >= 0.3 is 28.6 Å². The third kappa shape index (κ3) is 33.2. The van der Waals surface area contributed by atoms with Gasteiger partial charge in [0.15, 0.2) is 0 Å². The number of hydrogen-bond donors (Lipinski definition) is 8. The van der Waals surface area contributed by atoms with Gasteiger partial charge in [0.25, 0.3) is 11.4 Å². The fraction of sp³-hybridized carbons (Fsp3) is 0.274. The second kappa shape index (κ2) is 46.5. The third-order valence-corrected chi connectivity index (χ3v) is 21.6. The molecule has 127 heavy (non-hydrogen) atoms. The fourth-order valence-electron chi connectivity index (χ4n) is 12.6. The standard InChI is InChI=1S/C31H34N4O6S2.2C31H32N4O5S.C2H6/c1-31(2,3)41-30(37)34-26(19-21-10-6-4-7-11-21)28(36)32-25(18-22-14-16-24(17-15-22)35-43(38,39)40)27-20-42-29(33-27)23-12-8-5-9-13-23;2*1-31(2,3)40-30(37)34-26(19-21-10-6-4-7-11-21)28(36)32-25(18-22-14-16-24(17-15-22)35(38)39)27-20-41-29(33-27)23-12-8-5-9-13-23;1-2/h4-17,20,25-26,35H,18-19H2,1-3H3,(H,32,36)(H,34,37)(H,38,39,40);2*4-17,20,25-26H,18-19H2,1-3H3,(H,32,36)(H,34,37);1-2H3/t3*25-,26-;/m000./s1. The summed E-state index contributed by atoms with van der Waals surface area (Å²) in [6.45, 7) is 19.8. The number of aromatic nitrogens is 3. The zero-order valence-corrected chi connectivity index (χ0v) is 75.4. The van der Waals surface area contributed by atoms with E-state index in [0.717, 1.165) is 65.1 Å². The number of anilines is 1. The van der Waals surface area contributed by atoms with Crippen LogP contribution in [0.4, 0.5) is 31.4 Å². The largest absolute Gasteiger partial charge is 0.444 e. The summed E-state index contributed by atoms with van der Waals surface area (Å²) in [6, 6.07) is 71.7. The molecule has 6 atom stereocenters. The summed E-state index contributed by atoms with van der Waals surface area (Å²) < 4.78 is 49.8. The van der Waals surface area contributed by atoms with Gasteiger partial charge in [-0.15, -0.1) is 34.0 Å².